The van der Waals surface area contributed by atoms with E-state index in [1.807, 2.05) is 24.3 Å². The van der Waals surface area contributed by atoms with Gasteiger partial charge < -0.3 is 10.1 Å². The topological polar surface area (TPSA) is 75.7 Å². The second-order valence-electron chi connectivity index (χ2n) is 9.57. The molecule has 2 aromatic rings. The highest BCUT2D eigenvalue weighted by atomic mass is 35.5. The molecular formula is C25H32Cl2N2O4S. The number of carbonyl (C=O) groups is 1. The standard InChI is InChI=1S/C25H32Cl2N2O4S/c1-25(2,3)21-8-4-5-9-23(21)33-14-12-28-24(30)18-7-6-13-29(16-18)34(31,32)17-19-10-11-20(26)15-22(19)27/h4-5,8-11,15,18H,6-7,12-14,16-17H2,1-3H3,(H,28,30). The normalized spacial score (nSPS) is 17.4. The fourth-order valence-corrected chi connectivity index (χ4v) is 6.22. The molecule has 0 bridgehead atoms. The van der Waals surface area contributed by atoms with Crippen LogP contribution in [0.3, 0.4) is 0 Å². The quantitative estimate of drug-likeness (QED) is 0.489. The Labute approximate surface area is 212 Å². The van der Waals surface area contributed by atoms with Crippen LogP contribution in [-0.4, -0.2) is 44.9 Å². The van der Waals surface area contributed by atoms with Crippen LogP contribution in [0.1, 0.15) is 44.7 Å². The number of nitrogens with zero attached hydrogens (tertiary/aromatic N) is 1. The van der Waals surface area contributed by atoms with Crippen molar-refractivity contribution < 1.29 is 17.9 Å². The van der Waals surface area contributed by atoms with Crippen molar-refractivity contribution in [3.63, 3.8) is 0 Å². The van der Waals surface area contributed by atoms with Gasteiger partial charge in [0.25, 0.3) is 0 Å². The van der Waals surface area contributed by atoms with Crippen LogP contribution in [0.25, 0.3) is 0 Å². The third kappa shape index (κ3) is 7.11. The molecule has 0 aliphatic carbocycles. The molecule has 9 heteroatoms. The fraction of sp³-hybridized carbons (Fsp3) is 0.480. The summed E-state index contributed by atoms with van der Waals surface area (Å²) in [6.45, 7) is 7.61. The zero-order chi connectivity index (χ0) is 24.9. The van der Waals surface area contributed by atoms with E-state index in [-0.39, 0.29) is 23.6 Å². The van der Waals surface area contributed by atoms with Crippen molar-refractivity contribution in [2.24, 2.45) is 5.92 Å². The fourth-order valence-electron chi connectivity index (χ4n) is 4.03. The van der Waals surface area contributed by atoms with Crippen LogP contribution >= 0.6 is 23.2 Å². The average molecular weight is 528 g/mol. The van der Waals surface area contributed by atoms with Gasteiger partial charge in [-0.25, -0.2) is 12.7 Å². The van der Waals surface area contributed by atoms with Gasteiger partial charge in [0.15, 0.2) is 0 Å². The summed E-state index contributed by atoms with van der Waals surface area (Å²) in [6.07, 6.45) is 1.27. The smallest absolute Gasteiger partial charge is 0.224 e. The molecule has 1 N–H and O–H groups in total. The van der Waals surface area contributed by atoms with E-state index in [1.165, 1.54) is 10.4 Å². The first-order valence-corrected chi connectivity index (χ1v) is 13.8. The third-order valence-corrected chi connectivity index (χ3v) is 8.24. The van der Waals surface area contributed by atoms with Crippen molar-refractivity contribution in [2.75, 3.05) is 26.2 Å². The highest BCUT2D eigenvalue weighted by molar-refractivity contribution is 7.88. The number of hydrogen-bond acceptors (Lipinski definition) is 4. The number of carbonyl (C=O) groups excluding carboxylic acids is 1. The number of hydrogen-bond donors (Lipinski definition) is 1. The van der Waals surface area contributed by atoms with E-state index in [2.05, 4.69) is 26.1 Å². The van der Waals surface area contributed by atoms with Gasteiger partial charge in [0, 0.05) is 23.1 Å². The van der Waals surface area contributed by atoms with Gasteiger partial charge in [0.2, 0.25) is 15.9 Å². The van der Waals surface area contributed by atoms with Crippen molar-refractivity contribution in [1.82, 2.24) is 9.62 Å². The Bertz CT molecular complexity index is 1120. The highest BCUT2D eigenvalue weighted by Crippen LogP contribution is 2.31. The van der Waals surface area contributed by atoms with Crippen LogP contribution in [0.2, 0.25) is 10.0 Å². The predicted molar refractivity (Wildman–Crippen MR) is 137 cm³/mol. The molecule has 3 rings (SSSR count). The molecule has 186 valence electrons. The lowest BCUT2D eigenvalue weighted by Crippen LogP contribution is -2.46. The summed E-state index contributed by atoms with van der Waals surface area (Å²) in [5.41, 5.74) is 1.55. The van der Waals surface area contributed by atoms with Crippen LogP contribution in [0.15, 0.2) is 42.5 Å². The summed E-state index contributed by atoms with van der Waals surface area (Å²) < 4.78 is 33.3. The van der Waals surface area contributed by atoms with Gasteiger partial charge in [-0.2, -0.15) is 0 Å². The Morgan fingerprint density at radius 1 is 1.18 bits per heavy atom. The molecule has 0 saturated carbocycles. The molecule has 1 heterocycles. The summed E-state index contributed by atoms with van der Waals surface area (Å²) in [5, 5.41) is 3.66. The zero-order valence-electron chi connectivity index (χ0n) is 19.8. The number of halogens is 2. The van der Waals surface area contributed by atoms with E-state index in [9.17, 15) is 13.2 Å². The van der Waals surface area contributed by atoms with E-state index in [4.69, 9.17) is 27.9 Å². The maximum atomic E-state index is 13.0. The number of para-hydroxylation sites is 1. The van der Waals surface area contributed by atoms with Crippen molar-refractivity contribution in [2.45, 2.75) is 44.8 Å². The van der Waals surface area contributed by atoms with E-state index in [0.29, 0.717) is 48.1 Å². The Morgan fingerprint density at radius 3 is 2.62 bits per heavy atom. The monoisotopic (exact) mass is 526 g/mol. The number of ether oxygens (including phenoxy) is 1. The molecule has 6 nitrogen and oxygen atoms in total. The minimum Gasteiger partial charge on any atom is -0.491 e. The predicted octanol–water partition coefficient (Wildman–Crippen LogP) is 5.03. The SMILES string of the molecule is CC(C)(C)c1ccccc1OCCNC(=O)C1CCCN(S(=O)(=O)Cc2ccc(Cl)cc2Cl)C1. The number of nitrogens with one attached hydrogen (secondary N) is 1. The lowest BCUT2D eigenvalue weighted by Gasteiger charge is -2.31. The second-order valence-corrected chi connectivity index (χ2v) is 12.4. The first kappa shape index (κ1) is 26.8. The first-order chi connectivity index (χ1) is 16.0. The molecule has 34 heavy (non-hydrogen) atoms. The summed E-state index contributed by atoms with van der Waals surface area (Å²) in [4.78, 5) is 12.7. The van der Waals surface area contributed by atoms with Gasteiger partial charge in [-0.05, 0) is 47.6 Å². The molecule has 0 aromatic heterocycles. The molecule has 1 amide bonds. The number of sulfonamides is 1. The maximum absolute atomic E-state index is 13.0. The summed E-state index contributed by atoms with van der Waals surface area (Å²) in [6, 6.07) is 12.7. The van der Waals surface area contributed by atoms with E-state index < -0.39 is 15.9 Å². The third-order valence-electron chi connectivity index (χ3n) is 5.86. The molecule has 1 aliphatic rings. The second kappa shape index (κ2) is 11.3. The number of piperidine rings is 1. The van der Waals surface area contributed by atoms with Gasteiger partial charge in [-0.3, -0.25) is 4.79 Å². The van der Waals surface area contributed by atoms with Gasteiger partial charge in [-0.15, -0.1) is 0 Å². The van der Waals surface area contributed by atoms with Crippen LogP contribution in [0.4, 0.5) is 0 Å². The van der Waals surface area contributed by atoms with Crippen LogP contribution < -0.4 is 10.1 Å². The van der Waals surface area contributed by atoms with Crippen molar-refractivity contribution in [3.05, 3.63) is 63.6 Å². The highest BCUT2D eigenvalue weighted by Gasteiger charge is 2.32. The molecule has 2 aromatic carbocycles. The number of amides is 1. The average Bonchev–Trinajstić information content (AvgIpc) is 2.78. The molecule has 1 fully saturated rings. The Kier molecular flexibility index (Phi) is 8.90. The number of benzene rings is 2. The molecule has 1 aliphatic heterocycles. The summed E-state index contributed by atoms with van der Waals surface area (Å²) in [5.74, 6) is 0.0292. The molecule has 1 saturated heterocycles. The van der Waals surface area contributed by atoms with Gasteiger partial charge >= 0.3 is 0 Å². The maximum Gasteiger partial charge on any atom is 0.224 e. The first-order valence-electron chi connectivity index (χ1n) is 11.4. The summed E-state index contributed by atoms with van der Waals surface area (Å²) in [7, 11) is -3.62. The van der Waals surface area contributed by atoms with E-state index in [1.54, 1.807) is 12.1 Å². The van der Waals surface area contributed by atoms with E-state index in [0.717, 1.165) is 11.3 Å². The Morgan fingerprint density at radius 2 is 1.91 bits per heavy atom. The molecule has 0 spiro atoms. The molecular weight excluding hydrogens is 495 g/mol. The molecule has 1 unspecified atom stereocenters. The molecule has 0 radical (unpaired) electrons. The lowest BCUT2D eigenvalue weighted by atomic mass is 9.86. The van der Waals surface area contributed by atoms with Crippen LogP contribution in [0, 0.1) is 5.92 Å². The molecule has 1 atom stereocenters. The lowest BCUT2D eigenvalue weighted by molar-refractivity contribution is -0.126. The van der Waals surface area contributed by atoms with Crippen molar-refractivity contribution >= 4 is 39.1 Å². The van der Waals surface area contributed by atoms with Gasteiger partial charge in [0.1, 0.15) is 12.4 Å². The van der Waals surface area contributed by atoms with Crippen molar-refractivity contribution in [1.29, 1.82) is 0 Å². The van der Waals surface area contributed by atoms with Crippen LogP contribution in [-0.2, 0) is 26.0 Å². The zero-order valence-corrected chi connectivity index (χ0v) is 22.1. The Balaban J connectivity index is 1.52. The number of rotatable bonds is 8. The minimum atomic E-state index is -3.62. The Hall–Kier alpha value is -1.80. The van der Waals surface area contributed by atoms with Gasteiger partial charge in [0.05, 0.1) is 18.2 Å². The minimum absolute atomic E-state index is 0.0485. The largest absolute Gasteiger partial charge is 0.491 e. The van der Waals surface area contributed by atoms with Gasteiger partial charge in [-0.1, -0.05) is 68.2 Å². The van der Waals surface area contributed by atoms with E-state index >= 15 is 0 Å². The summed E-state index contributed by atoms with van der Waals surface area (Å²) >= 11 is 12.1. The van der Waals surface area contributed by atoms with Crippen molar-refractivity contribution in [3.8, 4) is 5.75 Å². The van der Waals surface area contributed by atoms with Crippen LogP contribution in [0.5, 0.6) is 5.75 Å².